The van der Waals surface area contributed by atoms with Crippen molar-refractivity contribution in [1.29, 1.82) is 0 Å². The summed E-state index contributed by atoms with van der Waals surface area (Å²) in [4.78, 5) is 70.2. The fourth-order valence-electron chi connectivity index (χ4n) is 3.93. The Balaban J connectivity index is 1.89. The van der Waals surface area contributed by atoms with Crippen molar-refractivity contribution in [2.75, 3.05) is 13.1 Å². The largest absolute Gasteiger partial charge is 0.332 e. The number of amides is 2. The third-order valence-corrected chi connectivity index (χ3v) is 5.75. The number of nitro groups is 4. The predicted octanol–water partition coefficient (Wildman–Crippen LogP) is 2.69. The van der Waals surface area contributed by atoms with Crippen LogP contribution >= 0.6 is 0 Å². The molecular formula is C20H18N6O10. The van der Waals surface area contributed by atoms with Gasteiger partial charge in [0.25, 0.3) is 34.6 Å². The third kappa shape index (κ3) is 4.77. The Hall–Kier alpha value is -5.02. The van der Waals surface area contributed by atoms with Crippen LogP contribution in [0.4, 0.5) is 22.7 Å². The van der Waals surface area contributed by atoms with E-state index < -0.39 is 66.3 Å². The Morgan fingerprint density at radius 3 is 1.28 bits per heavy atom. The van der Waals surface area contributed by atoms with Gasteiger partial charge in [-0.1, -0.05) is 0 Å². The molecule has 16 heteroatoms. The summed E-state index contributed by atoms with van der Waals surface area (Å²) in [7, 11) is 0. The lowest BCUT2D eigenvalue weighted by Gasteiger charge is -2.44. The van der Waals surface area contributed by atoms with Crippen molar-refractivity contribution >= 4 is 34.6 Å². The van der Waals surface area contributed by atoms with E-state index in [1.807, 2.05) is 0 Å². The summed E-state index contributed by atoms with van der Waals surface area (Å²) in [5.41, 5.74) is -3.33. The maximum atomic E-state index is 13.1. The number of benzene rings is 2. The number of piperazine rings is 1. The second-order valence-corrected chi connectivity index (χ2v) is 8.04. The van der Waals surface area contributed by atoms with Gasteiger partial charge >= 0.3 is 0 Å². The van der Waals surface area contributed by atoms with Crippen LogP contribution in [0.1, 0.15) is 34.6 Å². The molecule has 1 heterocycles. The second-order valence-electron chi connectivity index (χ2n) is 8.04. The first kappa shape index (κ1) is 25.6. The lowest BCUT2D eigenvalue weighted by molar-refractivity contribution is -0.394. The van der Waals surface area contributed by atoms with E-state index in [-0.39, 0.29) is 24.2 Å². The number of carbonyl (C=O) groups is 2. The highest BCUT2D eigenvalue weighted by Gasteiger charge is 2.39. The highest BCUT2D eigenvalue weighted by molar-refractivity contribution is 6.00. The minimum atomic E-state index is -0.901. The summed E-state index contributed by atoms with van der Waals surface area (Å²) in [6.07, 6.45) is 0. The summed E-state index contributed by atoms with van der Waals surface area (Å²) in [5.74, 6) is -1.55. The molecule has 2 aromatic rings. The molecule has 2 atom stereocenters. The predicted molar refractivity (Wildman–Crippen MR) is 120 cm³/mol. The normalized spacial score (nSPS) is 17.4. The van der Waals surface area contributed by atoms with E-state index in [9.17, 15) is 50.0 Å². The van der Waals surface area contributed by atoms with Crippen LogP contribution in [-0.4, -0.2) is 66.5 Å². The van der Waals surface area contributed by atoms with Crippen LogP contribution in [0.3, 0.4) is 0 Å². The first-order valence-corrected chi connectivity index (χ1v) is 10.3. The molecule has 2 unspecified atom stereocenters. The molecule has 3 rings (SSSR count). The molecule has 2 aromatic carbocycles. The molecule has 0 spiro atoms. The van der Waals surface area contributed by atoms with Crippen molar-refractivity contribution in [3.8, 4) is 0 Å². The van der Waals surface area contributed by atoms with E-state index in [4.69, 9.17) is 0 Å². The first-order valence-electron chi connectivity index (χ1n) is 10.3. The van der Waals surface area contributed by atoms with Gasteiger partial charge < -0.3 is 9.80 Å². The Kier molecular flexibility index (Phi) is 6.89. The molecule has 0 bridgehead atoms. The average Bonchev–Trinajstić information content (AvgIpc) is 2.83. The molecule has 188 valence electrons. The number of rotatable bonds is 6. The monoisotopic (exact) mass is 502 g/mol. The van der Waals surface area contributed by atoms with Crippen LogP contribution in [0, 0.1) is 40.5 Å². The zero-order valence-electron chi connectivity index (χ0n) is 18.8. The molecule has 0 saturated carbocycles. The van der Waals surface area contributed by atoms with Crippen LogP contribution in [0.2, 0.25) is 0 Å². The van der Waals surface area contributed by atoms with Crippen molar-refractivity contribution in [2.24, 2.45) is 0 Å². The molecule has 1 saturated heterocycles. The maximum Gasteiger partial charge on any atom is 0.289 e. The summed E-state index contributed by atoms with van der Waals surface area (Å²) < 4.78 is 0. The van der Waals surface area contributed by atoms with Gasteiger partial charge in [-0.25, -0.2) is 0 Å². The average molecular weight is 502 g/mol. The Morgan fingerprint density at radius 2 is 1.00 bits per heavy atom. The number of nitrogens with zero attached hydrogens (tertiary/aromatic N) is 6. The highest BCUT2D eigenvalue weighted by Crippen LogP contribution is 2.30. The van der Waals surface area contributed by atoms with Gasteiger partial charge in [0.1, 0.15) is 11.1 Å². The van der Waals surface area contributed by atoms with E-state index in [0.717, 1.165) is 24.3 Å². The quantitative estimate of drug-likeness (QED) is 0.416. The number of carbonyl (C=O) groups excluding carboxylic acids is 2. The number of non-ortho nitro benzene ring substituents is 2. The topological polar surface area (TPSA) is 213 Å². The minimum Gasteiger partial charge on any atom is -0.332 e. The van der Waals surface area contributed by atoms with Gasteiger partial charge in [-0.3, -0.25) is 50.0 Å². The van der Waals surface area contributed by atoms with Crippen molar-refractivity contribution in [2.45, 2.75) is 25.9 Å². The fraction of sp³-hybridized carbons (Fsp3) is 0.300. The SMILES string of the molecule is CC1CN(C(=O)c2ccc([N+](=O)[O-])cc2[N+](=O)[O-])C(C)CN1C(=O)c1ccc([N+](=O)[O-])cc1[N+](=O)[O-]. The molecule has 0 aromatic heterocycles. The van der Waals surface area contributed by atoms with E-state index in [2.05, 4.69) is 0 Å². The Labute approximate surface area is 201 Å². The van der Waals surface area contributed by atoms with Crippen LogP contribution in [0.25, 0.3) is 0 Å². The molecule has 36 heavy (non-hydrogen) atoms. The van der Waals surface area contributed by atoms with E-state index in [1.165, 1.54) is 9.80 Å². The van der Waals surface area contributed by atoms with Crippen LogP contribution in [0.5, 0.6) is 0 Å². The third-order valence-electron chi connectivity index (χ3n) is 5.75. The van der Waals surface area contributed by atoms with Gasteiger partial charge in [-0.15, -0.1) is 0 Å². The molecule has 1 aliphatic heterocycles. The Morgan fingerprint density at radius 1 is 0.667 bits per heavy atom. The zero-order chi connectivity index (χ0) is 26.9. The van der Waals surface area contributed by atoms with Crippen LogP contribution in [-0.2, 0) is 0 Å². The number of hydrogen-bond acceptors (Lipinski definition) is 10. The molecular weight excluding hydrogens is 484 g/mol. The van der Waals surface area contributed by atoms with Gasteiger partial charge in [0, 0.05) is 37.3 Å². The lowest BCUT2D eigenvalue weighted by atomic mass is 10.0. The molecule has 1 aliphatic rings. The summed E-state index contributed by atoms with van der Waals surface area (Å²) in [6, 6.07) is 3.93. The van der Waals surface area contributed by atoms with Gasteiger partial charge in [0.05, 0.1) is 31.8 Å². The summed E-state index contributed by atoms with van der Waals surface area (Å²) in [6.45, 7) is 2.93. The maximum absolute atomic E-state index is 13.1. The van der Waals surface area contributed by atoms with E-state index in [0.29, 0.717) is 12.1 Å². The van der Waals surface area contributed by atoms with Gasteiger partial charge in [0.15, 0.2) is 0 Å². The van der Waals surface area contributed by atoms with Crippen LogP contribution in [0.15, 0.2) is 36.4 Å². The highest BCUT2D eigenvalue weighted by atomic mass is 16.6. The summed E-state index contributed by atoms with van der Waals surface area (Å²) in [5, 5.41) is 44.8. The van der Waals surface area contributed by atoms with Crippen LogP contribution < -0.4 is 0 Å². The Bertz CT molecular complexity index is 1210. The van der Waals surface area contributed by atoms with Crippen molar-refractivity contribution in [1.82, 2.24) is 9.80 Å². The first-order chi connectivity index (χ1) is 16.8. The van der Waals surface area contributed by atoms with Crippen molar-refractivity contribution in [3.05, 3.63) is 88.0 Å². The van der Waals surface area contributed by atoms with Crippen molar-refractivity contribution < 1.29 is 29.3 Å². The molecule has 2 amide bonds. The van der Waals surface area contributed by atoms with Gasteiger partial charge in [0.2, 0.25) is 0 Å². The molecule has 0 N–H and O–H groups in total. The zero-order valence-corrected chi connectivity index (χ0v) is 18.8. The fourth-order valence-corrected chi connectivity index (χ4v) is 3.93. The molecule has 16 nitrogen and oxygen atoms in total. The van der Waals surface area contributed by atoms with Crippen molar-refractivity contribution in [3.63, 3.8) is 0 Å². The minimum absolute atomic E-state index is 0.0966. The standard InChI is InChI=1S/C20H18N6O10/c1-11-9-22(20(28)16-6-4-14(24(31)32)8-18(16)26(35)36)12(2)10-21(11)19(27)15-5-3-13(23(29)30)7-17(15)25(33)34/h3-8,11-12H,9-10H2,1-2H3. The van der Waals surface area contributed by atoms with Gasteiger partial charge in [-0.05, 0) is 26.0 Å². The second kappa shape index (κ2) is 9.69. The lowest BCUT2D eigenvalue weighted by Crippen LogP contribution is -2.59. The summed E-state index contributed by atoms with van der Waals surface area (Å²) >= 11 is 0. The number of hydrogen-bond donors (Lipinski definition) is 0. The van der Waals surface area contributed by atoms with Gasteiger partial charge in [-0.2, -0.15) is 0 Å². The molecule has 0 radical (unpaired) electrons. The number of nitro benzene ring substituents is 4. The smallest absolute Gasteiger partial charge is 0.289 e. The van der Waals surface area contributed by atoms with E-state index in [1.54, 1.807) is 13.8 Å². The molecule has 0 aliphatic carbocycles. The molecule has 1 fully saturated rings. The van der Waals surface area contributed by atoms with E-state index >= 15 is 0 Å².